The molecule has 0 aromatic heterocycles. The number of alkyl halides is 3. The number of aliphatic hydroxyl groups is 1. The molecule has 0 aliphatic carbocycles. The molecule has 10 rings (SSSR count). The summed E-state index contributed by atoms with van der Waals surface area (Å²) in [5.74, 6) is -3.01. The fraction of sp³-hybridized carbons (Fsp3) is 0.468. The van der Waals surface area contributed by atoms with E-state index in [0.29, 0.717) is 16.7 Å². The third kappa shape index (κ3) is 23.9. The van der Waals surface area contributed by atoms with E-state index in [1.807, 2.05) is 158 Å². The Kier molecular flexibility index (Phi) is 30.3. The number of carbonyl (C=O) groups is 5. The lowest BCUT2D eigenvalue weighted by atomic mass is 9.94. The SMILES string of the molecule is CC(=O)O[C@H]1[C@H](OCc2ccccc2)[C@@H](O[C@@H]2[C@H](NC(=O)OCC(Cl)(Cl)Cl)[C@@H](O)O[C@H](COCc3ccccc3)[C@@H]2O[C@H]2O[C@@H](COCc3ccccc3)[C@@H](OCc3ccccc3)[C@H](OCc3ccccc3)[C@H]2O[C@H]2O[C@H](C)[C@H](OC(C)=O)[C@@H](OC(C)=O)[C@@H]2OCc2ccccc2)O[C@H](C)[C@@H]1OC(C)=O. The van der Waals surface area contributed by atoms with E-state index in [1.165, 1.54) is 27.7 Å². The molecule has 6 aromatic carbocycles. The third-order valence-electron chi connectivity index (χ3n) is 17.4. The summed E-state index contributed by atoms with van der Waals surface area (Å²) in [6.45, 7) is 6.22. The van der Waals surface area contributed by atoms with E-state index in [2.05, 4.69) is 5.32 Å². The topological polar surface area (TPSA) is 284 Å². The van der Waals surface area contributed by atoms with Gasteiger partial charge in [0.1, 0.15) is 67.6 Å². The van der Waals surface area contributed by atoms with E-state index < -0.39 is 170 Å². The highest BCUT2D eigenvalue weighted by Crippen LogP contribution is 2.41. The van der Waals surface area contributed by atoms with Gasteiger partial charge < -0.3 is 95.7 Å². The van der Waals surface area contributed by atoms with Crippen LogP contribution in [0.1, 0.15) is 74.9 Å². The zero-order chi connectivity index (χ0) is 74.4. The van der Waals surface area contributed by atoms with E-state index in [9.17, 15) is 29.1 Å². The maximum absolute atomic E-state index is 14.3. The fourth-order valence-electron chi connectivity index (χ4n) is 12.7. The van der Waals surface area contributed by atoms with Crippen molar-refractivity contribution in [1.82, 2.24) is 5.32 Å². The predicted molar refractivity (Wildman–Crippen MR) is 376 cm³/mol. The maximum Gasteiger partial charge on any atom is 0.407 e. The Balaban J connectivity index is 1.16. The monoisotopic (exact) mass is 1520 g/mol. The van der Waals surface area contributed by atoms with Crippen molar-refractivity contribution in [3.8, 4) is 0 Å². The maximum atomic E-state index is 14.3. The van der Waals surface area contributed by atoms with Crippen LogP contribution in [0.4, 0.5) is 4.79 Å². The van der Waals surface area contributed by atoms with Gasteiger partial charge in [0, 0.05) is 27.7 Å². The van der Waals surface area contributed by atoms with Gasteiger partial charge in [0.2, 0.25) is 3.79 Å². The highest BCUT2D eigenvalue weighted by atomic mass is 35.6. The Morgan fingerprint density at radius 3 is 1.07 bits per heavy atom. The Bertz CT molecular complexity index is 3640. The second kappa shape index (κ2) is 39.6. The molecule has 4 aliphatic rings. The molecule has 28 heteroatoms. The van der Waals surface area contributed by atoms with Gasteiger partial charge in [-0.15, -0.1) is 0 Å². The number of nitrogens with one attached hydrogen (secondary N) is 1. The van der Waals surface area contributed by atoms with Gasteiger partial charge in [-0.2, -0.15) is 0 Å². The summed E-state index contributed by atoms with van der Waals surface area (Å²) in [6.07, 6.45) is -29.3. The Labute approximate surface area is 624 Å². The van der Waals surface area contributed by atoms with Crippen molar-refractivity contribution in [3.05, 3.63) is 215 Å². The van der Waals surface area contributed by atoms with Crippen LogP contribution in [0.25, 0.3) is 0 Å². The number of amides is 1. The minimum absolute atomic E-state index is 0.0118. The summed E-state index contributed by atoms with van der Waals surface area (Å²) in [4.78, 5) is 67.1. The van der Waals surface area contributed by atoms with Gasteiger partial charge in [0.25, 0.3) is 0 Å². The molecule has 2 N–H and O–H groups in total. The van der Waals surface area contributed by atoms with Crippen molar-refractivity contribution in [1.29, 1.82) is 0 Å². The van der Waals surface area contributed by atoms with Crippen molar-refractivity contribution in [3.63, 3.8) is 0 Å². The van der Waals surface area contributed by atoms with Crippen LogP contribution in [0.2, 0.25) is 0 Å². The number of ether oxygens (including phenoxy) is 18. The summed E-state index contributed by atoms with van der Waals surface area (Å²) in [5, 5.41) is 15.3. The molecule has 4 saturated heterocycles. The lowest BCUT2D eigenvalue weighted by Crippen LogP contribution is -2.70. The first kappa shape index (κ1) is 80.3. The van der Waals surface area contributed by atoms with Gasteiger partial charge in [-0.05, 0) is 47.2 Å². The van der Waals surface area contributed by atoms with Crippen LogP contribution in [-0.2, 0) is 144 Å². The average molecular weight is 1520 g/mol. The fourth-order valence-corrected chi connectivity index (χ4v) is 12.8. The number of aliphatic hydroxyl groups excluding tert-OH is 1. The Morgan fingerprint density at radius 2 is 0.695 bits per heavy atom. The molecule has 105 heavy (non-hydrogen) atoms. The number of carbonyl (C=O) groups excluding carboxylic acids is 5. The molecule has 0 spiro atoms. The zero-order valence-corrected chi connectivity index (χ0v) is 61.0. The minimum Gasteiger partial charge on any atom is -0.456 e. The first-order chi connectivity index (χ1) is 50.6. The highest BCUT2D eigenvalue weighted by molar-refractivity contribution is 6.67. The summed E-state index contributed by atoms with van der Waals surface area (Å²) < 4.78 is 118. The number of halogens is 3. The number of hydrogen-bond acceptors (Lipinski definition) is 24. The number of benzene rings is 6. The van der Waals surface area contributed by atoms with E-state index in [1.54, 1.807) is 38.1 Å². The standard InChI is InChI=1S/C77H88Cl3NO24/c1-46-61(97-48(3)82)67(99-50(5)84)69(92-41-56-33-21-11-22-34-56)73(95-46)104-65-60(81-76(87)94-45-77(78,79)80)72(86)101-59(44-89-38-53-27-15-8-16-28-53)64(65)103-75-71(105-74-70(93-42-57-35-23-12-24-36-57)68(100-51(6)85)62(47(2)96-74)98-49(4)83)66(91-40-55-31-19-10-20-32-55)63(90-39-54-29-17-9-18-30-54)58(102-75)43-88-37-52-25-13-7-14-26-52/h7-36,46-47,58-75,86H,37-45H2,1-6H3,(H,81,87)/t46-,47-,58+,59-,60+,61+,62+,63-,64+,65-,66+,67-,68-,69+,70+,71-,72+,73-,74-,75-/m1/s1. The predicted octanol–water partition coefficient (Wildman–Crippen LogP) is 10.0. The number of alkyl carbamates (subject to hydrolysis) is 1. The summed E-state index contributed by atoms with van der Waals surface area (Å²) >= 11 is 18.4. The molecule has 4 fully saturated rings. The average Bonchev–Trinajstić information content (AvgIpc) is 0.757. The van der Waals surface area contributed by atoms with E-state index >= 15 is 0 Å². The molecule has 25 nitrogen and oxygen atoms in total. The normalized spacial score (nSPS) is 29.0. The largest absolute Gasteiger partial charge is 0.456 e. The van der Waals surface area contributed by atoms with E-state index in [-0.39, 0.29) is 46.2 Å². The molecular formula is C77H88Cl3NO24. The quantitative estimate of drug-likeness (QED) is 0.0225. The van der Waals surface area contributed by atoms with Crippen LogP contribution in [-0.4, -0.2) is 181 Å². The second-order valence-electron chi connectivity index (χ2n) is 25.5. The molecule has 0 unspecified atom stereocenters. The zero-order valence-electron chi connectivity index (χ0n) is 58.7. The molecule has 20 atom stereocenters. The molecular weight excluding hydrogens is 1430 g/mol. The molecule has 4 heterocycles. The minimum atomic E-state index is -2.12. The Morgan fingerprint density at radius 1 is 0.381 bits per heavy atom. The first-order valence-electron chi connectivity index (χ1n) is 34.4. The van der Waals surface area contributed by atoms with Crippen LogP contribution in [0, 0.1) is 0 Å². The molecule has 0 saturated carbocycles. The van der Waals surface area contributed by atoms with Gasteiger partial charge >= 0.3 is 30.0 Å². The smallest absolute Gasteiger partial charge is 0.407 e. The van der Waals surface area contributed by atoms with Gasteiger partial charge in [-0.3, -0.25) is 19.2 Å². The molecule has 4 aliphatic heterocycles. The number of hydrogen-bond donors (Lipinski definition) is 2. The van der Waals surface area contributed by atoms with Crippen molar-refractivity contribution < 1.29 is 114 Å². The van der Waals surface area contributed by atoms with Crippen molar-refractivity contribution >= 4 is 64.8 Å². The van der Waals surface area contributed by atoms with Crippen LogP contribution < -0.4 is 5.32 Å². The number of rotatable bonds is 32. The van der Waals surface area contributed by atoms with Crippen molar-refractivity contribution in [2.45, 2.75) is 208 Å². The molecule has 6 aromatic rings. The van der Waals surface area contributed by atoms with Crippen LogP contribution in [0.5, 0.6) is 0 Å². The third-order valence-corrected chi connectivity index (χ3v) is 17.7. The Hall–Kier alpha value is -7.22. The summed E-state index contributed by atoms with van der Waals surface area (Å²) in [6, 6.07) is 53.6. The number of esters is 4. The van der Waals surface area contributed by atoms with Crippen LogP contribution in [0.3, 0.4) is 0 Å². The molecule has 1 amide bonds. The summed E-state index contributed by atoms with van der Waals surface area (Å²) in [5.41, 5.74) is 4.39. The highest BCUT2D eigenvalue weighted by Gasteiger charge is 2.59. The van der Waals surface area contributed by atoms with Crippen LogP contribution in [0.15, 0.2) is 182 Å². The first-order valence-corrected chi connectivity index (χ1v) is 35.6. The van der Waals surface area contributed by atoms with Crippen molar-refractivity contribution in [2.75, 3.05) is 19.8 Å². The lowest BCUT2D eigenvalue weighted by Gasteiger charge is -2.52. The van der Waals surface area contributed by atoms with Crippen LogP contribution >= 0.6 is 34.8 Å². The van der Waals surface area contributed by atoms with Gasteiger partial charge in [0.05, 0.1) is 65.1 Å². The molecule has 0 bridgehead atoms. The second-order valence-corrected chi connectivity index (χ2v) is 28.0. The summed E-state index contributed by atoms with van der Waals surface area (Å²) in [7, 11) is 0. The van der Waals surface area contributed by atoms with Crippen molar-refractivity contribution in [2.24, 2.45) is 0 Å². The van der Waals surface area contributed by atoms with Gasteiger partial charge in [-0.1, -0.05) is 217 Å². The lowest BCUT2D eigenvalue weighted by molar-refractivity contribution is -0.399. The van der Waals surface area contributed by atoms with Gasteiger partial charge in [0.15, 0.2) is 49.6 Å². The van der Waals surface area contributed by atoms with E-state index in [0.717, 1.165) is 16.7 Å². The molecule has 0 radical (unpaired) electrons. The molecule has 566 valence electrons. The van der Waals surface area contributed by atoms with Gasteiger partial charge in [-0.25, -0.2) is 4.79 Å². The van der Waals surface area contributed by atoms with E-state index in [4.69, 9.17) is 120 Å².